The number of aromatic nitrogens is 3. The van der Waals surface area contributed by atoms with Crippen LogP contribution in [0.2, 0.25) is 0 Å². The highest BCUT2D eigenvalue weighted by Crippen LogP contribution is 2.34. The number of hydrogen-bond acceptors (Lipinski definition) is 6. The molecule has 0 atom stereocenters. The smallest absolute Gasteiger partial charge is 0.136 e. The first-order valence-electron chi connectivity index (χ1n) is 4.95. The van der Waals surface area contributed by atoms with Gasteiger partial charge in [0.25, 0.3) is 0 Å². The zero-order valence-electron chi connectivity index (χ0n) is 8.79. The Bertz CT molecular complexity index is 674. The summed E-state index contributed by atoms with van der Waals surface area (Å²) in [6.07, 6.45) is 3.20. The van der Waals surface area contributed by atoms with E-state index < -0.39 is 0 Å². The molecule has 0 fully saturated rings. The third-order valence-corrected chi connectivity index (χ3v) is 3.38. The lowest BCUT2D eigenvalue weighted by molar-refractivity contribution is 1.24. The van der Waals surface area contributed by atoms with Crippen molar-refractivity contribution in [1.82, 2.24) is 15.0 Å². The fourth-order valence-corrected chi connectivity index (χ4v) is 2.60. The van der Waals surface area contributed by atoms with Gasteiger partial charge in [0.1, 0.15) is 22.8 Å². The Morgan fingerprint density at radius 2 is 1.94 bits per heavy atom. The second-order valence-corrected chi connectivity index (χ2v) is 4.42. The van der Waals surface area contributed by atoms with Gasteiger partial charge in [0.05, 0.1) is 5.39 Å². The molecule has 3 heterocycles. The summed E-state index contributed by atoms with van der Waals surface area (Å²) >= 11 is 1.54. The lowest BCUT2D eigenvalue weighted by Crippen LogP contribution is -1.92. The van der Waals surface area contributed by atoms with Crippen LogP contribution in [0.1, 0.15) is 0 Å². The summed E-state index contributed by atoms with van der Waals surface area (Å²) in [5.41, 5.74) is 13.4. The Hall–Kier alpha value is -2.21. The van der Waals surface area contributed by atoms with Gasteiger partial charge in [-0.2, -0.15) is 0 Å². The maximum atomic E-state index is 5.88. The van der Waals surface area contributed by atoms with Crippen molar-refractivity contribution in [3.05, 3.63) is 30.0 Å². The van der Waals surface area contributed by atoms with Crippen LogP contribution in [-0.4, -0.2) is 15.0 Å². The van der Waals surface area contributed by atoms with Crippen LogP contribution >= 0.6 is 11.3 Å². The second kappa shape index (κ2) is 3.67. The van der Waals surface area contributed by atoms with Crippen LogP contribution in [0, 0.1) is 0 Å². The summed E-state index contributed by atoms with van der Waals surface area (Å²) < 4.78 is 0. The fraction of sp³-hybridized carbons (Fsp3) is 0. The van der Waals surface area contributed by atoms with E-state index in [-0.39, 0.29) is 0 Å². The Balaban J connectivity index is 2.27. The third-order valence-electron chi connectivity index (χ3n) is 2.50. The van der Waals surface area contributed by atoms with Crippen LogP contribution in [0.25, 0.3) is 21.3 Å². The van der Waals surface area contributed by atoms with Crippen LogP contribution in [0.5, 0.6) is 0 Å². The van der Waals surface area contributed by atoms with E-state index in [0.717, 1.165) is 21.3 Å². The number of thiophene rings is 1. The molecule has 0 bridgehead atoms. The lowest BCUT2D eigenvalue weighted by atomic mass is 10.1. The predicted molar refractivity (Wildman–Crippen MR) is 69.5 cm³/mol. The molecule has 0 aliphatic rings. The van der Waals surface area contributed by atoms with Gasteiger partial charge in [0.15, 0.2) is 0 Å². The molecular weight excluding hydrogens is 234 g/mol. The number of hydrogen-bond donors (Lipinski definition) is 2. The van der Waals surface area contributed by atoms with Gasteiger partial charge in [0, 0.05) is 22.7 Å². The maximum Gasteiger partial charge on any atom is 0.136 e. The average Bonchev–Trinajstić information content (AvgIpc) is 2.75. The van der Waals surface area contributed by atoms with E-state index in [0.29, 0.717) is 11.6 Å². The van der Waals surface area contributed by atoms with E-state index in [1.54, 1.807) is 12.3 Å². The van der Waals surface area contributed by atoms with Crippen LogP contribution in [0.3, 0.4) is 0 Å². The number of rotatable bonds is 1. The van der Waals surface area contributed by atoms with E-state index in [4.69, 9.17) is 11.5 Å². The van der Waals surface area contributed by atoms with Crippen molar-refractivity contribution in [2.24, 2.45) is 0 Å². The summed E-state index contributed by atoms with van der Waals surface area (Å²) in [5.74, 6) is 0.987. The van der Waals surface area contributed by atoms with Gasteiger partial charge in [-0.05, 0) is 12.1 Å². The number of nitrogen functional groups attached to an aromatic ring is 2. The predicted octanol–water partition coefficient (Wildman–Crippen LogP) is 1.92. The molecule has 0 radical (unpaired) electrons. The maximum absolute atomic E-state index is 5.88. The SMILES string of the molecule is Nc1ccc(-c2csc3ncnc(N)c23)cn1. The van der Waals surface area contributed by atoms with Crippen LogP contribution in [-0.2, 0) is 0 Å². The third kappa shape index (κ3) is 1.58. The quantitative estimate of drug-likeness (QED) is 0.681. The van der Waals surface area contributed by atoms with Crippen molar-refractivity contribution in [3.63, 3.8) is 0 Å². The molecule has 5 nitrogen and oxygen atoms in total. The van der Waals surface area contributed by atoms with E-state index in [1.165, 1.54) is 17.7 Å². The zero-order chi connectivity index (χ0) is 11.8. The summed E-state index contributed by atoms with van der Waals surface area (Å²) in [5, 5.41) is 2.88. The summed E-state index contributed by atoms with van der Waals surface area (Å²) in [6, 6.07) is 3.68. The highest BCUT2D eigenvalue weighted by atomic mass is 32.1. The molecule has 3 aromatic heterocycles. The van der Waals surface area contributed by atoms with Crippen molar-refractivity contribution >= 4 is 33.2 Å². The fourth-order valence-electron chi connectivity index (χ4n) is 1.68. The van der Waals surface area contributed by atoms with Crippen LogP contribution in [0.15, 0.2) is 30.0 Å². The molecule has 4 N–H and O–H groups in total. The minimum Gasteiger partial charge on any atom is -0.384 e. The summed E-state index contributed by atoms with van der Waals surface area (Å²) in [6.45, 7) is 0. The molecule has 6 heteroatoms. The summed E-state index contributed by atoms with van der Waals surface area (Å²) in [7, 11) is 0. The minimum atomic E-state index is 0.489. The number of nitrogens with two attached hydrogens (primary N) is 2. The van der Waals surface area contributed by atoms with Crippen LogP contribution in [0.4, 0.5) is 11.6 Å². The number of fused-ring (bicyclic) bond motifs is 1. The number of anilines is 2. The molecule has 0 aliphatic carbocycles. The standard InChI is InChI=1S/C11H9N5S/c12-8-2-1-6(3-14-8)7-4-17-11-9(7)10(13)15-5-16-11/h1-5H,(H2,12,14)(H2,13,15,16). The normalized spacial score (nSPS) is 10.8. The molecule has 0 amide bonds. The Labute approximate surface area is 101 Å². The number of pyridine rings is 1. The molecule has 0 unspecified atom stereocenters. The Kier molecular flexibility index (Phi) is 2.15. The van der Waals surface area contributed by atoms with E-state index in [9.17, 15) is 0 Å². The van der Waals surface area contributed by atoms with E-state index >= 15 is 0 Å². The molecule has 0 aromatic carbocycles. The first kappa shape index (κ1) is 9.98. The molecule has 84 valence electrons. The highest BCUT2D eigenvalue weighted by Gasteiger charge is 2.11. The van der Waals surface area contributed by atoms with Crippen molar-refractivity contribution in [2.45, 2.75) is 0 Å². The highest BCUT2D eigenvalue weighted by molar-refractivity contribution is 7.17. The zero-order valence-corrected chi connectivity index (χ0v) is 9.61. The van der Waals surface area contributed by atoms with Crippen molar-refractivity contribution < 1.29 is 0 Å². The molecule has 0 saturated carbocycles. The van der Waals surface area contributed by atoms with Crippen molar-refractivity contribution in [2.75, 3.05) is 11.5 Å². The molecule has 3 rings (SSSR count). The average molecular weight is 243 g/mol. The lowest BCUT2D eigenvalue weighted by Gasteiger charge is -2.01. The first-order chi connectivity index (χ1) is 8.25. The first-order valence-corrected chi connectivity index (χ1v) is 5.83. The largest absolute Gasteiger partial charge is 0.384 e. The Morgan fingerprint density at radius 1 is 1.06 bits per heavy atom. The monoisotopic (exact) mass is 243 g/mol. The summed E-state index contributed by atoms with van der Waals surface area (Å²) in [4.78, 5) is 13.2. The van der Waals surface area contributed by atoms with Gasteiger partial charge >= 0.3 is 0 Å². The van der Waals surface area contributed by atoms with Gasteiger partial charge < -0.3 is 11.5 Å². The molecule has 17 heavy (non-hydrogen) atoms. The molecule has 3 aromatic rings. The second-order valence-electron chi connectivity index (χ2n) is 3.56. The molecule has 0 saturated heterocycles. The van der Waals surface area contributed by atoms with Gasteiger partial charge in [0.2, 0.25) is 0 Å². The molecule has 0 spiro atoms. The topological polar surface area (TPSA) is 90.7 Å². The molecular formula is C11H9N5S. The van der Waals surface area contributed by atoms with Gasteiger partial charge in [-0.15, -0.1) is 11.3 Å². The van der Waals surface area contributed by atoms with Crippen LogP contribution < -0.4 is 11.5 Å². The molecule has 0 aliphatic heterocycles. The van der Waals surface area contributed by atoms with Crippen molar-refractivity contribution in [1.29, 1.82) is 0 Å². The van der Waals surface area contributed by atoms with Gasteiger partial charge in [-0.25, -0.2) is 15.0 Å². The van der Waals surface area contributed by atoms with E-state index in [2.05, 4.69) is 15.0 Å². The van der Waals surface area contributed by atoms with E-state index in [1.807, 2.05) is 11.4 Å². The Morgan fingerprint density at radius 3 is 2.71 bits per heavy atom. The number of nitrogens with zero attached hydrogens (tertiary/aromatic N) is 3. The van der Waals surface area contributed by atoms with Gasteiger partial charge in [-0.1, -0.05) is 0 Å². The van der Waals surface area contributed by atoms with Crippen molar-refractivity contribution in [3.8, 4) is 11.1 Å². The van der Waals surface area contributed by atoms with Gasteiger partial charge in [-0.3, -0.25) is 0 Å². The minimum absolute atomic E-state index is 0.489.